The van der Waals surface area contributed by atoms with E-state index in [0.717, 1.165) is 0 Å². The molecule has 2 heteroatoms. The van der Waals surface area contributed by atoms with Crippen molar-refractivity contribution in [2.45, 2.75) is 38.3 Å². The topological polar surface area (TPSA) is 15.3 Å². The van der Waals surface area contributed by atoms with Gasteiger partial charge in [0.05, 0.1) is 0 Å². The van der Waals surface area contributed by atoms with Gasteiger partial charge in [0.2, 0.25) is 0 Å². The summed E-state index contributed by atoms with van der Waals surface area (Å²) in [5.41, 5.74) is 4.53. The Hall–Kier alpha value is -0.860. The van der Waals surface area contributed by atoms with Gasteiger partial charge in [-0.2, -0.15) is 0 Å². The van der Waals surface area contributed by atoms with Crippen LogP contribution < -0.4 is 5.32 Å². The van der Waals surface area contributed by atoms with Gasteiger partial charge in [-0.3, -0.25) is 0 Å². The molecule has 0 radical (unpaired) electrons. The summed E-state index contributed by atoms with van der Waals surface area (Å²) >= 11 is 0. The molecule has 0 aliphatic heterocycles. The van der Waals surface area contributed by atoms with Gasteiger partial charge in [0.25, 0.3) is 0 Å². The summed E-state index contributed by atoms with van der Waals surface area (Å²) in [4.78, 5) is 2.26. The number of likely N-dealkylation sites (N-methyl/N-ethyl adjacent to an activating group) is 1. The quantitative estimate of drug-likeness (QED) is 0.861. The molecule has 2 nitrogen and oxygen atoms in total. The average Bonchev–Trinajstić information content (AvgIpc) is 2.36. The fourth-order valence-electron chi connectivity index (χ4n) is 2.58. The van der Waals surface area contributed by atoms with Gasteiger partial charge in [-0.1, -0.05) is 18.2 Å². The third kappa shape index (κ3) is 2.70. The minimum atomic E-state index is 0.502. The van der Waals surface area contributed by atoms with Gasteiger partial charge in [0, 0.05) is 12.1 Å². The van der Waals surface area contributed by atoms with E-state index in [-0.39, 0.29) is 0 Å². The molecule has 1 aromatic rings. The number of hydrogen-bond acceptors (Lipinski definition) is 2. The van der Waals surface area contributed by atoms with Gasteiger partial charge in [0.15, 0.2) is 0 Å². The average molecular weight is 232 g/mol. The molecular formula is C15H24N2. The predicted molar refractivity (Wildman–Crippen MR) is 73.4 cm³/mol. The fourth-order valence-corrected chi connectivity index (χ4v) is 2.58. The van der Waals surface area contributed by atoms with E-state index in [9.17, 15) is 0 Å². The number of aryl methyl sites for hydroxylation is 1. The second-order valence-corrected chi connectivity index (χ2v) is 5.40. The molecule has 0 aromatic heterocycles. The zero-order valence-electron chi connectivity index (χ0n) is 11.5. The van der Waals surface area contributed by atoms with Crippen molar-refractivity contribution in [3.63, 3.8) is 0 Å². The molecule has 0 saturated carbocycles. The van der Waals surface area contributed by atoms with Gasteiger partial charge in [-0.05, 0) is 64.0 Å². The maximum atomic E-state index is 3.39. The summed E-state index contributed by atoms with van der Waals surface area (Å²) in [6, 6.07) is 8.20. The molecule has 0 fully saturated rings. The maximum Gasteiger partial charge on any atom is 0.0313 e. The van der Waals surface area contributed by atoms with Gasteiger partial charge >= 0.3 is 0 Å². The van der Waals surface area contributed by atoms with E-state index in [1.807, 2.05) is 0 Å². The van der Waals surface area contributed by atoms with Crippen molar-refractivity contribution in [3.8, 4) is 0 Å². The van der Waals surface area contributed by atoms with Crippen LogP contribution in [-0.4, -0.2) is 32.1 Å². The zero-order chi connectivity index (χ0) is 12.4. The van der Waals surface area contributed by atoms with E-state index in [1.54, 1.807) is 5.56 Å². The molecule has 0 saturated heterocycles. The van der Waals surface area contributed by atoms with E-state index in [2.05, 4.69) is 56.5 Å². The highest BCUT2D eigenvalue weighted by atomic mass is 15.1. The molecule has 0 amide bonds. The van der Waals surface area contributed by atoms with Gasteiger partial charge in [0.1, 0.15) is 0 Å². The highest BCUT2D eigenvalue weighted by Crippen LogP contribution is 2.26. The van der Waals surface area contributed by atoms with E-state index in [4.69, 9.17) is 0 Å². The summed E-state index contributed by atoms with van der Waals surface area (Å²) in [7, 11) is 6.35. The summed E-state index contributed by atoms with van der Waals surface area (Å²) in [5.74, 6) is 0. The molecule has 0 spiro atoms. The van der Waals surface area contributed by atoms with Crippen molar-refractivity contribution in [1.29, 1.82) is 0 Å². The van der Waals surface area contributed by atoms with Gasteiger partial charge < -0.3 is 10.2 Å². The van der Waals surface area contributed by atoms with E-state index in [1.165, 1.54) is 30.4 Å². The van der Waals surface area contributed by atoms with Crippen molar-refractivity contribution in [2.24, 2.45) is 0 Å². The summed E-state index contributed by atoms with van der Waals surface area (Å²) < 4.78 is 0. The van der Waals surface area contributed by atoms with Crippen molar-refractivity contribution >= 4 is 0 Å². The molecular weight excluding hydrogens is 208 g/mol. The second-order valence-electron chi connectivity index (χ2n) is 5.40. The Kier molecular flexibility index (Phi) is 3.85. The van der Waals surface area contributed by atoms with Crippen LogP contribution in [0.1, 0.15) is 36.1 Å². The Balaban J connectivity index is 2.21. The molecule has 1 aliphatic carbocycles. The molecule has 2 atom stereocenters. The Labute approximate surface area is 105 Å². The lowest BCUT2D eigenvalue weighted by Crippen LogP contribution is -2.31. The third-order valence-corrected chi connectivity index (χ3v) is 4.12. The van der Waals surface area contributed by atoms with Crippen LogP contribution in [0.15, 0.2) is 18.2 Å². The zero-order valence-corrected chi connectivity index (χ0v) is 11.5. The lowest BCUT2D eigenvalue weighted by molar-refractivity contribution is 0.321. The first-order valence-electron chi connectivity index (χ1n) is 6.57. The largest absolute Gasteiger partial charge is 0.317 e. The van der Waals surface area contributed by atoms with Gasteiger partial charge in [-0.25, -0.2) is 0 Å². The summed E-state index contributed by atoms with van der Waals surface area (Å²) in [5, 5.41) is 3.39. The molecule has 1 aliphatic rings. The first-order chi connectivity index (χ1) is 8.11. The van der Waals surface area contributed by atoms with Crippen LogP contribution in [-0.2, 0) is 12.8 Å². The number of benzene rings is 1. The van der Waals surface area contributed by atoms with Crippen LogP contribution in [0.4, 0.5) is 0 Å². The highest BCUT2D eigenvalue weighted by molar-refractivity contribution is 5.36. The predicted octanol–water partition coefficient (Wildman–Crippen LogP) is 2.39. The monoisotopic (exact) mass is 232 g/mol. The minimum absolute atomic E-state index is 0.502. The molecule has 0 bridgehead atoms. The molecule has 1 N–H and O–H groups in total. The maximum absolute atomic E-state index is 3.39. The number of nitrogens with zero attached hydrogens (tertiary/aromatic N) is 1. The van der Waals surface area contributed by atoms with Crippen LogP contribution in [0, 0.1) is 0 Å². The molecule has 94 valence electrons. The third-order valence-electron chi connectivity index (χ3n) is 4.12. The van der Waals surface area contributed by atoms with E-state index >= 15 is 0 Å². The molecule has 1 aromatic carbocycles. The van der Waals surface area contributed by atoms with Crippen molar-refractivity contribution in [3.05, 3.63) is 34.9 Å². The minimum Gasteiger partial charge on any atom is -0.317 e. The summed E-state index contributed by atoms with van der Waals surface area (Å²) in [6.07, 6.45) is 3.67. The number of fused-ring (bicyclic) bond motifs is 1. The van der Waals surface area contributed by atoms with Crippen molar-refractivity contribution < 1.29 is 0 Å². The first kappa shape index (κ1) is 12.6. The van der Waals surface area contributed by atoms with Crippen LogP contribution in [0.25, 0.3) is 0 Å². The number of nitrogens with one attached hydrogen (secondary N) is 1. The van der Waals surface area contributed by atoms with Crippen LogP contribution in [0.5, 0.6) is 0 Å². The lowest BCUT2D eigenvalue weighted by Gasteiger charge is -2.27. The Morgan fingerprint density at radius 2 is 2.06 bits per heavy atom. The molecule has 2 rings (SSSR count). The highest BCUT2D eigenvalue weighted by Gasteiger charge is 2.18. The normalized spacial score (nSPS) is 21.4. The molecule has 2 unspecified atom stereocenters. The van der Waals surface area contributed by atoms with Crippen molar-refractivity contribution in [1.82, 2.24) is 10.2 Å². The van der Waals surface area contributed by atoms with Gasteiger partial charge in [-0.15, -0.1) is 0 Å². The Morgan fingerprint density at radius 3 is 2.71 bits per heavy atom. The second kappa shape index (κ2) is 5.19. The Bertz CT molecular complexity index is 385. The fraction of sp³-hybridized carbons (Fsp3) is 0.600. The van der Waals surface area contributed by atoms with Crippen LogP contribution in [0.2, 0.25) is 0 Å². The van der Waals surface area contributed by atoms with E-state index in [0.29, 0.717) is 12.1 Å². The molecule has 0 heterocycles. The summed E-state index contributed by atoms with van der Waals surface area (Å²) in [6.45, 7) is 2.26. The Morgan fingerprint density at radius 1 is 1.29 bits per heavy atom. The SMILES string of the molecule is CNC1CCc2cc(C(C)N(C)C)ccc2C1. The van der Waals surface area contributed by atoms with Crippen molar-refractivity contribution in [2.75, 3.05) is 21.1 Å². The van der Waals surface area contributed by atoms with E-state index < -0.39 is 0 Å². The molecule has 17 heavy (non-hydrogen) atoms. The van der Waals surface area contributed by atoms with Crippen LogP contribution in [0.3, 0.4) is 0 Å². The number of hydrogen-bond donors (Lipinski definition) is 1. The number of rotatable bonds is 3. The standard InChI is InChI=1S/C15H24N2/c1-11(17(3)4)12-5-6-14-10-15(16-2)8-7-13(14)9-12/h5-6,9,11,15-16H,7-8,10H2,1-4H3. The lowest BCUT2D eigenvalue weighted by atomic mass is 9.86. The smallest absolute Gasteiger partial charge is 0.0313 e. The van der Waals surface area contributed by atoms with Crippen LogP contribution >= 0.6 is 0 Å². The first-order valence-corrected chi connectivity index (χ1v) is 6.57.